The van der Waals surface area contributed by atoms with Crippen molar-refractivity contribution in [3.05, 3.63) is 70.4 Å². The minimum atomic E-state index is -0.789. The van der Waals surface area contributed by atoms with Crippen molar-refractivity contribution in [1.82, 2.24) is 0 Å². The van der Waals surface area contributed by atoms with Crippen LogP contribution in [-0.2, 0) is 9.78 Å². The summed E-state index contributed by atoms with van der Waals surface area (Å²) in [6.07, 6.45) is -0.510. The molecule has 1 fully saturated rings. The van der Waals surface area contributed by atoms with Gasteiger partial charge in [0.15, 0.2) is 5.60 Å². The normalized spacial score (nSPS) is 22.2. The summed E-state index contributed by atoms with van der Waals surface area (Å²) in [5.41, 5.74) is 3.51. The average Bonchev–Trinajstić information content (AvgIpc) is 2.83. The van der Waals surface area contributed by atoms with Crippen LogP contribution in [0.15, 0.2) is 48.5 Å². The molecule has 23 heavy (non-hydrogen) atoms. The van der Waals surface area contributed by atoms with Crippen molar-refractivity contribution < 1.29 is 14.5 Å². The lowest BCUT2D eigenvalue weighted by Crippen LogP contribution is -2.35. The maximum Gasteiger partial charge on any atom is 0.241 e. The summed E-state index contributed by atoms with van der Waals surface area (Å²) in [4.78, 5) is 10.9. The van der Waals surface area contributed by atoms with E-state index in [9.17, 15) is 5.21 Å². The van der Waals surface area contributed by atoms with E-state index in [0.717, 1.165) is 21.4 Å². The van der Waals surface area contributed by atoms with Crippen LogP contribution in [0.3, 0.4) is 0 Å². The summed E-state index contributed by atoms with van der Waals surface area (Å²) < 4.78 is 0.928. The SMILES string of the molecule is Cc1ccc(C2OOC(C)(C)/C2=[N+](/[O-])c2ccc(C)cc2)cc1. The van der Waals surface area contributed by atoms with E-state index in [1.807, 2.05) is 76.2 Å². The first-order valence-corrected chi connectivity index (χ1v) is 7.71. The zero-order chi connectivity index (χ0) is 16.6. The molecule has 1 aliphatic rings. The van der Waals surface area contributed by atoms with Crippen molar-refractivity contribution in [2.75, 3.05) is 0 Å². The van der Waals surface area contributed by atoms with Gasteiger partial charge in [-0.2, -0.15) is 4.74 Å². The van der Waals surface area contributed by atoms with E-state index < -0.39 is 11.7 Å². The third-order valence-electron chi connectivity index (χ3n) is 4.09. The molecule has 2 aromatic carbocycles. The number of hydrogen-bond acceptors (Lipinski definition) is 3. The van der Waals surface area contributed by atoms with Gasteiger partial charge < -0.3 is 5.21 Å². The van der Waals surface area contributed by atoms with E-state index >= 15 is 0 Å². The third-order valence-corrected chi connectivity index (χ3v) is 4.09. The predicted octanol–water partition coefficient (Wildman–Crippen LogP) is 4.37. The first-order valence-electron chi connectivity index (χ1n) is 7.71. The van der Waals surface area contributed by atoms with E-state index in [2.05, 4.69) is 0 Å². The fourth-order valence-corrected chi connectivity index (χ4v) is 2.70. The maximum absolute atomic E-state index is 12.9. The zero-order valence-corrected chi connectivity index (χ0v) is 13.9. The molecule has 0 spiro atoms. The molecular formula is C19H21NO3. The monoisotopic (exact) mass is 311 g/mol. The number of hydrogen-bond donors (Lipinski definition) is 0. The van der Waals surface area contributed by atoms with E-state index in [1.165, 1.54) is 0 Å². The highest BCUT2D eigenvalue weighted by Crippen LogP contribution is 2.36. The molecule has 4 nitrogen and oxygen atoms in total. The fraction of sp³-hybridized carbons (Fsp3) is 0.316. The lowest BCUT2D eigenvalue weighted by atomic mass is 9.93. The standard InChI is InChI=1S/C19H21NO3/c1-13-5-9-15(10-6-13)17-18(19(3,4)23-22-17)20(21)16-11-7-14(2)8-12-16/h5-12,17H,1-4H3/b20-18+. The Morgan fingerprint density at radius 1 is 0.913 bits per heavy atom. The highest BCUT2D eigenvalue weighted by atomic mass is 17.2. The summed E-state index contributed by atoms with van der Waals surface area (Å²) in [7, 11) is 0. The second kappa shape index (κ2) is 5.80. The summed E-state index contributed by atoms with van der Waals surface area (Å²) >= 11 is 0. The highest BCUT2D eigenvalue weighted by Gasteiger charge is 2.49. The smallest absolute Gasteiger partial charge is 0.241 e. The topological polar surface area (TPSA) is 44.5 Å². The molecule has 4 heteroatoms. The Labute approximate surface area is 136 Å². The van der Waals surface area contributed by atoms with Crippen LogP contribution in [-0.4, -0.2) is 16.1 Å². The van der Waals surface area contributed by atoms with Gasteiger partial charge in [-0.05, 0) is 33.3 Å². The molecule has 1 atom stereocenters. The van der Waals surface area contributed by atoms with Gasteiger partial charge in [-0.25, -0.2) is 9.78 Å². The average molecular weight is 311 g/mol. The molecule has 2 aromatic rings. The summed E-state index contributed by atoms with van der Waals surface area (Å²) in [6.45, 7) is 7.70. The van der Waals surface area contributed by atoms with Gasteiger partial charge in [-0.3, -0.25) is 0 Å². The molecule has 0 aromatic heterocycles. The molecule has 0 radical (unpaired) electrons. The van der Waals surface area contributed by atoms with E-state index in [4.69, 9.17) is 9.78 Å². The van der Waals surface area contributed by atoms with Crippen LogP contribution in [0, 0.1) is 19.1 Å². The van der Waals surface area contributed by atoms with Gasteiger partial charge in [0.25, 0.3) is 0 Å². The number of benzene rings is 2. The Morgan fingerprint density at radius 2 is 1.43 bits per heavy atom. The Hall–Kier alpha value is -2.17. The van der Waals surface area contributed by atoms with Gasteiger partial charge in [0, 0.05) is 12.1 Å². The molecule has 3 rings (SSSR count). The molecule has 0 aliphatic carbocycles. The quantitative estimate of drug-likeness (QED) is 0.358. The minimum Gasteiger partial charge on any atom is -0.618 e. The van der Waals surface area contributed by atoms with Crippen LogP contribution in [0.4, 0.5) is 5.69 Å². The fourth-order valence-electron chi connectivity index (χ4n) is 2.70. The molecular weight excluding hydrogens is 290 g/mol. The van der Waals surface area contributed by atoms with Crippen molar-refractivity contribution in [1.29, 1.82) is 0 Å². The first kappa shape index (κ1) is 15.7. The van der Waals surface area contributed by atoms with Crippen LogP contribution in [0.1, 0.15) is 36.6 Å². The number of rotatable bonds is 2. The van der Waals surface area contributed by atoms with E-state index in [-0.39, 0.29) is 0 Å². The summed E-state index contributed by atoms with van der Waals surface area (Å²) in [6, 6.07) is 15.4. The first-order chi connectivity index (χ1) is 10.9. The van der Waals surface area contributed by atoms with Gasteiger partial charge in [0.2, 0.25) is 17.5 Å². The van der Waals surface area contributed by atoms with Crippen molar-refractivity contribution in [2.45, 2.75) is 39.4 Å². The molecule has 120 valence electrons. The Morgan fingerprint density at radius 3 is 2.00 bits per heavy atom. The van der Waals surface area contributed by atoms with Gasteiger partial charge in [0.05, 0.1) is 0 Å². The Balaban J connectivity index is 2.09. The molecule has 0 saturated carbocycles. The van der Waals surface area contributed by atoms with Crippen LogP contribution < -0.4 is 0 Å². The molecule has 1 unspecified atom stereocenters. The highest BCUT2D eigenvalue weighted by molar-refractivity contribution is 5.94. The van der Waals surface area contributed by atoms with Crippen molar-refractivity contribution in [3.63, 3.8) is 0 Å². The Kier molecular flexibility index (Phi) is 3.96. The lowest BCUT2D eigenvalue weighted by Gasteiger charge is -2.17. The summed E-state index contributed by atoms with van der Waals surface area (Å²) in [5.74, 6) is 0. The third kappa shape index (κ3) is 3.00. The summed E-state index contributed by atoms with van der Waals surface area (Å²) in [5, 5.41) is 12.9. The van der Waals surface area contributed by atoms with Crippen molar-refractivity contribution >= 4 is 11.4 Å². The number of aryl methyl sites for hydroxylation is 2. The Bertz CT molecular complexity index is 730. The van der Waals surface area contributed by atoms with Gasteiger partial charge in [-0.1, -0.05) is 47.5 Å². The van der Waals surface area contributed by atoms with E-state index in [1.54, 1.807) is 0 Å². The van der Waals surface area contributed by atoms with Gasteiger partial charge in [-0.15, -0.1) is 0 Å². The van der Waals surface area contributed by atoms with Crippen LogP contribution in [0.25, 0.3) is 0 Å². The van der Waals surface area contributed by atoms with Crippen LogP contribution in [0.2, 0.25) is 0 Å². The van der Waals surface area contributed by atoms with Crippen molar-refractivity contribution in [2.24, 2.45) is 0 Å². The maximum atomic E-state index is 12.9. The van der Waals surface area contributed by atoms with Gasteiger partial charge in [0.1, 0.15) is 0 Å². The second-order valence-electron chi connectivity index (χ2n) is 6.50. The lowest BCUT2D eigenvalue weighted by molar-refractivity contribution is -0.367. The van der Waals surface area contributed by atoms with Crippen LogP contribution in [0.5, 0.6) is 0 Å². The molecule has 0 bridgehead atoms. The van der Waals surface area contributed by atoms with Crippen molar-refractivity contribution in [3.8, 4) is 0 Å². The molecule has 0 amide bonds. The minimum absolute atomic E-state index is 0.510. The zero-order valence-electron chi connectivity index (χ0n) is 13.9. The molecule has 1 aliphatic heterocycles. The van der Waals surface area contributed by atoms with Crippen LogP contribution >= 0.6 is 0 Å². The molecule has 1 saturated heterocycles. The number of nitrogens with zero attached hydrogens (tertiary/aromatic N) is 1. The molecule has 1 heterocycles. The predicted molar refractivity (Wildman–Crippen MR) is 89.6 cm³/mol. The van der Waals surface area contributed by atoms with Gasteiger partial charge >= 0.3 is 0 Å². The second-order valence-corrected chi connectivity index (χ2v) is 6.50. The molecule has 0 N–H and O–H groups in total. The largest absolute Gasteiger partial charge is 0.618 e. The van der Waals surface area contributed by atoms with E-state index in [0.29, 0.717) is 11.4 Å².